The summed E-state index contributed by atoms with van der Waals surface area (Å²) in [5, 5.41) is 4.47. The number of hydrogen-bond acceptors (Lipinski definition) is 4. The van der Waals surface area contributed by atoms with Crippen LogP contribution in [-0.4, -0.2) is 53.6 Å². The Morgan fingerprint density at radius 1 is 1.23 bits per heavy atom. The second-order valence-corrected chi connectivity index (χ2v) is 8.74. The fourth-order valence-electron chi connectivity index (χ4n) is 4.45. The quantitative estimate of drug-likeness (QED) is 0.625. The first-order valence-corrected chi connectivity index (χ1v) is 11.1. The molecular weight excluding hydrogens is 388 g/mol. The van der Waals surface area contributed by atoms with Crippen LogP contribution in [0.1, 0.15) is 43.9 Å². The molecule has 0 saturated carbocycles. The predicted molar refractivity (Wildman–Crippen MR) is 125 cm³/mol. The van der Waals surface area contributed by atoms with Gasteiger partial charge in [0.2, 0.25) is 0 Å². The van der Waals surface area contributed by atoms with Gasteiger partial charge in [0.25, 0.3) is 5.91 Å². The average molecular weight is 421 g/mol. The number of carbonyl (C=O) groups excluding carboxylic acids is 1. The van der Waals surface area contributed by atoms with Crippen LogP contribution in [0, 0.1) is 6.92 Å². The monoisotopic (exact) mass is 420 g/mol. The molecule has 0 atom stereocenters. The number of hydrogen-bond donors (Lipinski definition) is 2. The fraction of sp³-hybridized carbons (Fsp3) is 0.440. The molecule has 164 valence electrons. The number of benzene rings is 1. The van der Waals surface area contributed by atoms with E-state index in [-0.39, 0.29) is 12.5 Å². The van der Waals surface area contributed by atoms with E-state index in [2.05, 4.69) is 41.3 Å². The van der Waals surface area contributed by atoms with Crippen LogP contribution in [0.3, 0.4) is 0 Å². The molecule has 2 N–H and O–H groups in total. The van der Waals surface area contributed by atoms with E-state index in [1.54, 1.807) is 0 Å². The van der Waals surface area contributed by atoms with Crippen molar-refractivity contribution in [3.8, 4) is 17.0 Å². The number of fused-ring (bicyclic) bond motifs is 1. The molecule has 0 aliphatic carbocycles. The molecule has 2 aromatic heterocycles. The maximum absolute atomic E-state index is 12.6. The van der Waals surface area contributed by atoms with Crippen LogP contribution in [0.25, 0.3) is 22.2 Å². The molecule has 6 nitrogen and oxygen atoms in total. The summed E-state index contributed by atoms with van der Waals surface area (Å²) in [6.45, 7) is 8.39. The molecular formula is C25H32N4O2. The topological polar surface area (TPSA) is 70.2 Å². The molecule has 3 aromatic rings. The molecule has 3 heterocycles. The summed E-state index contributed by atoms with van der Waals surface area (Å²) in [5.41, 5.74) is 5.57. The Balaban J connectivity index is 1.56. The Morgan fingerprint density at radius 3 is 2.71 bits per heavy atom. The lowest BCUT2D eigenvalue weighted by Gasteiger charge is -2.31. The van der Waals surface area contributed by atoms with E-state index in [0.29, 0.717) is 12.0 Å². The molecule has 1 saturated heterocycles. The van der Waals surface area contributed by atoms with Gasteiger partial charge in [-0.05, 0) is 74.7 Å². The van der Waals surface area contributed by atoms with Gasteiger partial charge in [0.1, 0.15) is 5.75 Å². The van der Waals surface area contributed by atoms with Crippen LogP contribution in [0.5, 0.6) is 5.75 Å². The van der Waals surface area contributed by atoms with Crippen molar-refractivity contribution in [2.24, 2.45) is 0 Å². The van der Waals surface area contributed by atoms with E-state index in [1.807, 2.05) is 43.3 Å². The Hall–Kier alpha value is -2.86. The first-order chi connectivity index (χ1) is 14.9. The molecule has 1 fully saturated rings. The van der Waals surface area contributed by atoms with Crippen molar-refractivity contribution in [1.82, 2.24) is 20.2 Å². The van der Waals surface area contributed by atoms with Gasteiger partial charge in [-0.25, -0.2) is 0 Å². The van der Waals surface area contributed by atoms with Crippen molar-refractivity contribution >= 4 is 16.8 Å². The van der Waals surface area contributed by atoms with Gasteiger partial charge in [-0.1, -0.05) is 13.8 Å². The second kappa shape index (κ2) is 9.10. The van der Waals surface area contributed by atoms with Crippen LogP contribution >= 0.6 is 0 Å². The van der Waals surface area contributed by atoms with Gasteiger partial charge in [-0.3, -0.25) is 9.78 Å². The normalized spacial score (nSPS) is 14.9. The minimum Gasteiger partial charge on any atom is -0.484 e. The van der Waals surface area contributed by atoms with E-state index in [4.69, 9.17) is 4.74 Å². The summed E-state index contributed by atoms with van der Waals surface area (Å²) in [6, 6.07) is 10.5. The van der Waals surface area contributed by atoms with Crippen molar-refractivity contribution in [3.63, 3.8) is 0 Å². The number of amides is 1. The van der Waals surface area contributed by atoms with E-state index in [1.165, 1.54) is 5.56 Å². The summed E-state index contributed by atoms with van der Waals surface area (Å²) >= 11 is 0. The SMILES string of the molecule is Cc1cc(-c2[nH]c3ccc(OCC(=O)N(C)C4CCNCC4)cc3c2C(C)C)ccn1. The third-order valence-electron chi connectivity index (χ3n) is 6.18. The highest BCUT2D eigenvalue weighted by atomic mass is 16.5. The smallest absolute Gasteiger partial charge is 0.260 e. The van der Waals surface area contributed by atoms with Crippen LogP contribution in [0.4, 0.5) is 0 Å². The third kappa shape index (κ3) is 4.59. The largest absolute Gasteiger partial charge is 0.484 e. The Morgan fingerprint density at radius 2 is 2.00 bits per heavy atom. The zero-order valence-electron chi connectivity index (χ0n) is 18.9. The Labute approximate surface area is 184 Å². The van der Waals surface area contributed by atoms with Crippen molar-refractivity contribution in [1.29, 1.82) is 0 Å². The second-order valence-electron chi connectivity index (χ2n) is 8.74. The number of piperidine rings is 1. The van der Waals surface area contributed by atoms with E-state index in [0.717, 1.165) is 59.5 Å². The summed E-state index contributed by atoms with van der Waals surface area (Å²) in [7, 11) is 1.89. The number of carbonyl (C=O) groups is 1. The standard InChI is InChI=1S/C25H32N4O2/c1-16(2)24-21-14-20(31-15-23(30)29(4)19-8-10-26-11-9-19)5-6-22(21)28-25(24)18-7-12-27-17(3)13-18/h5-7,12-14,16,19,26,28H,8-11,15H2,1-4H3. The maximum Gasteiger partial charge on any atom is 0.260 e. The number of rotatable bonds is 6. The predicted octanol–water partition coefficient (Wildman–Crippen LogP) is 4.25. The number of nitrogens with one attached hydrogen (secondary N) is 2. The minimum atomic E-state index is 0.0260. The van der Waals surface area contributed by atoms with Gasteiger partial charge in [-0.2, -0.15) is 0 Å². The Kier molecular flexibility index (Phi) is 6.28. The van der Waals surface area contributed by atoms with Crippen molar-refractivity contribution < 1.29 is 9.53 Å². The molecule has 31 heavy (non-hydrogen) atoms. The van der Waals surface area contributed by atoms with Gasteiger partial charge in [0.15, 0.2) is 6.61 Å². The number of aromatic nitrogens is 2. The van der Waals surface area contributed by atoms with Crippen molar-refractivity contribution in [2.75, 3.05) is 26.7 Å². The molecule has 0 unspecified atom stereocenters. The third-order valence-corrected chi connectivity index (χ3v) is 6.18. The van der Waals surface area contributed by atoms with Gasteiger partial charge in [0, 0.05) is 41.4 Å². The highest BCUT2D eigenvalue weighted by Crippen LogP contribution is 2.37. The first kappa shape index (κ1) is 21.4. The lowest BCUT2D eigenvalue weighted by atomic mass is 9.96. The van der Waals surface area contributed by atoms with E-state index in [9.17, 15) is 4.79 Å². The van der Waals surface area contributed by atoms with E-state index < -0.39 is 0 Å². The highest BCUT2D eigenvalue weighted by Gasteiger charge is 2.22. The van der Waals surface area contributed by atoms with Crippen LogP contribution < -0.4 is 10.1 Å². The molecule has 1 aliphatic heterocycles. The number of ether oxygens (including phenoxy) is 1. The zero-order valence-corrected chi connectivity index (χ0v) is 18.9. The maximum atomic E-state index is 12.6. The van der Waals surface area contributed by atoms with Gasteiger partial charge < -0.3 is 19.9 Å². The molecule has 1 amide bonds. The minimum absolute atomic E-state index is 0.0260. The molecule has 6 heteroatoms. The number of pyridine rings is 1. The summed E-state index contributed by atoms with van der Waals surface area (Å²) in [5.74, 6) is 1.08. The number of aryl methyl sites for hydroxylation is 1. The van der Waals surface area contributed by atoms with Crippen LogP contribution in [0.2, 0.25) is 0 Å². The zero-order chi connectivity index (χ0) is 22.0. The molecule has 1 aromatic carbocycles. The molecule has 0 spiro atoms. The van der Waals surface area contributed by atoms with Crippen LogP contribution in [-0.2, 0) is 4.79 Å². The lowest BCUT2D eigenvalue weighted by Crippen LogP contribution is -2.45. The van der Waals surface area contributed by atoms with Gasteiger partial charge >= 0.3 is 0 Å². The molecule has 0 radical (unpaired) electrons. The summed E-state index contributed by atoms with van der Waals surface area (Å²) in [6.07, 6.45) is 3.83. The van der Waals surface area contributed by atoms with Gasteiger partial charge in [0.05, 0.1) is 5.69 Å². The summed E-state index contributed by atoms with van der Waals surface area (Å²) < 4.78 is 5.93. The Bertz CT molecular complexity index is 1070. The fourth-order valence-corrected chi connectivity index (χ4v) is 4.45. The molecule has 1 aliphatic rings. The lowest BCUT2D eigenvalue weighted by molar-refractivity contribution is -0.134. The molecule has 4 rings (SSSR count). The number of likely N-dealkylation sites (N-methyl/N-ethyl adjacent to an activating group) is 1. The number of nitrogens with zero attached hydrogens (tertiary/aromatic N) is 2. The number of aromatic amines is 1. The molecule has 0 bridgehead atoms. The average Bonchev–Trinajstić information content (AvgIpc) is 3.16. The number of H-pyrrole nitrogens is 1. The first-order valence-electron chi connectivity index (χ1n) is 11.1. The summed E-state index contributed by atoms with van der Waals surface area (Å²) in [4.78, 5) is 22.4. The van der Waals surface area contributed by atoms with Crippen molar-refractivity contribution in [2.45, 2.75) is 45.6 Å². The van der Waals surface area contributed by atoms with Crippen molar-refractivity contribution in [3.05, 3.63) is 47.8 Å². The van der Waals surface area contributed by atoms with Crippen LogP contribution in [0.15, 0.2) is 36.5 Å². The highest BCUT2D eigenvalue weighted by molar-refractivity contribution is 5.92. The van der Waals surface area contributed by atoms with Gasteiger partial charge in [-0.15, -0.1) is 0 Å². The van der Waals surface area contributed by atoms with E-state index >= 15 is 0 Å².